The summed E-state index contributed by atoms with van der Waals surface area (Å²) in [6, 6.07) is 7.22. The van der Waals surface area contributed by atoms with E-state index in [1.165, 1.54) is 0 Å². The predicted molar refractivity (Wildman–Crippen MR) is 85.3 cm³/mol. The molecule has 0 bridgehead atoms. The third kappa shape index (κ3) is 3.25. The van der Waals surface area contributed by atoms with E-state index in [0.717, 1.165) is 33.2 Å². The highest BCUT2D eigenvalue weighted by Gasteiger charge is 2.10. The Balaban J connectivity index is 2.41. The van der Waals surface area contributed by atoms with E-state index in [2.05, 4.69) is 15.1 Å². The van der Waals surface area contributed by atoms with Gasteiger partial charge in [-0.15, -0.1) is 0 Å². The molecule has 2 amide bonds. The molecular formula is C15H17ClN4O. The fourth-order valence-electron chi connectivity index (χ4n) is 2.20. The lowest BCUT2D eigenvalue weighted by molar-refractivity contribution is 0.249. The van der Waals surface area contributed by atoms with Gasteiger partial charge in [-0.2, -0.15) is 5.10 Å². The Hall–Kier alpha value is -2.27. The number of aryl methyl sites for hydroxylation is 2. The van der Waals surface area contributed by atoms with Crippen LogP contribution in [0.5, 0.6) is 0 Å². The van der Waals surface area contributed by atoms with E-state index in [0.29, 0.717) is 0 Å². The molecule has 21 heavy (non-hydrogen) atoms. The molecule has 0 atom stereocenters. The zero-order valence-corrected chi connectivity index (χ0v) is 12.9. The van der Waals surface area contributed by atoms with Crippen molar-refractivity contribution in [1.29, 1.82) is 0 Å². The first-order valence-corrected chi connectivity index (χ1v) is 6.82. The van der Waals surface area contributed by atoms with Crippen LogP contribution in [0.2, 0.25) is 5.02 Å². The number of urea groups is 1. The summed E-state index contributed by atoms with van der Waals surface area (Å²) in [7, 11) is 0. The van der Waals surface area contributed by atoms with Crippen LogP contribution in [0, 0.1) is 20.8 Å². The lowest BCUT2D eigenvalue weighted by Crippen LogP contribution is -2.24. The molecule has 3 N–H and O–H groups in total. The molecule has 1 heterocycles. The van der Waals surface area contributed by atoms with Crippen LogP contribution in [-0.4, -0.2) is 16.8 Å². The first kappa shape index (κ1) is 15.1. The number of rotatable bonds is 3. The second kappa shape index (κ2) is 6.01. The van der Waals surface area contributed by atoms with Gasteiger partial charge in [-0.1, -0.05) is 17.7 Å². The number of carbonyl (C=O) groups is 1. The molecule has 0 aliphatic rings. The minimum Gasteiger partial charge on any atom is -0.350 e. The number of hydrogen-bond acceptors (Lipinski definition) is 2. The van der Waals surface area contributed by atoms with E-state index < -0.39 is 6.03 Å². The average Bonchev–Trinajstić information content (AvgIpc) is 2.68. The van der Waals surface area contributed by atoms with Crippen LogP contribution in [-0.2, 0) is 0 Å². The van der Waals surface area contributed by atoms with Crippen LogP contribution < -0.4 is 11.2 Å². The minimum absolute atomic E-state index is 0.689. The maximum atomic E-state index is 10.6. The maximum absolute atomic E-state index is 10.6. The molecule has 0 unspecified atom stereocenters. The quantitative estimate of drug-likeness (QED) is 0.664. The predicted octanol–water partition coefficient (Wildman–Crippen LogP) is 3.06. The summed E-state index contributed by atoms with van der Waals surface area (Å²) in [5, 5.41) is 4.52. The van der Waals surface area contributed by atoms with Crippen molar-refractivity contribution < 1.29 is 4.79 Å². The van der Waals surface area contributed by atoms with E-state index in [1.807, 2.05) is 45.0 Å². The average molecular weight is 305 g/mol. The van der Waals surface area contributed by atoms with Gasteiger partial charge < -0.3 is 10.3 Å². The molecule has 2 rings (SSSR count). The largest absolute Gasteiger partial charge is 0.350 e. The zero-order chi connectivity index (χ0) is 15.6. The molecule has 110 valence electrons. The van der Waals surface area contributed by atoms with Crippen LogP contribution in [0.1, 0.15) is 22.5 Å². The van der Waals surface area contributed by atoms with Crippen LogP contribution in [0.15, 0.2) is 29.4 Å². The molecule has 0 spiro atoms. The maximum Gasteiger partial charge on any atom is 0.332 e. The second-order valence-corrected chi connectivity index (χ2v) is 5.24. The van der Waals surface area contributed by atoms with Crippen molar-refractivity contribution in [3.05, 3.63) is 51.8 Å². The summed E-state index contributed by atoms with van der Waals surface area (Å²) in [4.78, 5) is 10.6. The molecule has 5 nitrogen and oxygen atoms in total. The third-order valence-electron chi connectivity index (χ3n) is 3.26. The number of halogens is 1. The van der Waals surface area contributed by atoms with Gasteiger partial charge in [0.05, 0.1) is 6.21 Å². The molecule has 0 aliphatic heterocycles. The van der Waals surface area contributed by atoms with Gasteiger partial charge in [0.2, 0.25) is 0 Å². The number of aromatic nitrogens is 1. The fourth-order valence-corrected chi connectivity index (χ4v) is 2.38. The van der Waals surface area contributed by atoms with Crippen LogP contribution >= 0.6 is 11.6 Å². The summed E-state index contributed by atoms with van der Waals surface area (Å²) >= 11 is 6.19. The standard InChI is InChI=1S/C15H17ClN4O/c1-9-4-5-13(7-14(9)16)20-10(2)6-12(11(20)3)8-18-19-15(17)21/h4-8H,1-3H3,(H3,17,19,21). The molecule has 6 heteroatoms. The van der Waals surface area contributed by atoms with Crippen molar-refractivity contribution in [1.82, 2.24) is 9.99 Å². The van der Waals surface area contributed by atoms with Gasteiger partial charge in [-0.05, 0) is 44.5 Å². The molecule has 0 fully saturated rings. The summed E-state index contributed by atoms with van der Waals surface area (Å²) < 4.78 is 2.08. The number of carbonyl (C=O) groups excluding carboxylic acids is 1. The van der Waals surface area contributed by atoms with Crippen LogP contribution in [0.25, 0.3) is 5.69 Å². The Bertz CT molecular complexity index is 719. The van der Waals surface area contributed by atoms with Crippen molar-refractivity contribution in [3.63, 3.8) is 0 Å². The van der Waals surface area contributed by atoms with Crippen molar-refractivity contribution in [2.45, 2.75) is 20.8 Å². The van der Waals surface area contributed by atoms with E-state index >= 15 is 0 Å². The van der Waals surface area contributed by atoms with Crippen molar-refractivity contribution in [2.24, 2.45) is 10.8 Å². The molecular weight excluding hydrogens is 288 g/mol. The molecule has 0 saturated carbocycles. The minimum atomic E-state index is -0.689. The van der Waals surface area contributed by atoms with E-state index in [9.17, 15) is 4.79 Å². The molecule has 0 saturated heterocycles. The number of primary amides is 1. The number of benzene rings is 1. The Morgan fingerprint density at radius 3 is 2.67 bits per heavy atom. The molecule has 1 aromatic carbocycles. The molecule has 2 aromatic rings. The first-order valence-electron chi connectivity index (χ1n) is 6.44. The lowest BCUT2D eigenvalue weighted by atomic mass is 10.2. The van der Waals surface area contributed by atoms with Crippen molar-refractivity contribution in [2.75, 3.05) is 0 Å². The third-order valence-corrected chi connectivity index (χ3v) is 3.67. The van der Waals surface area contributed by atoms with Crippen LogP contribution in [0.4, 0.5) is 4.79 Å². The first-order chi connectivity index (χ1) is 9.90. The van der Waals surface area contributed by atoms with Gasteiger partial charge in [-0.3, -0.25) is 0 Å². The fraction of sp³-hybridized carbons (Fsp3) is 0.200. The Labute approximate surface area is 128 Å². The van der Waals surface area contributed by atoms with E-state index in [1.54, 1.807) is 6.21 Å². The number of nitrogens with zero attached hydrogens (tertiary/aromatic N) is 2. The SMILES string of the molecule is Cc1ccc(-n2c(C)cc(C=NNC(N)=O)c2C)cc1Cl. The van der Waals surface area contributed by atoms with Gasteiger partial charge in [0, 0.05) is 27.7 Å². The topological polar surface area (TPSA) is 72.4 Å². The monoisotopic (exact) mass is 304 g/mol. The highest BCUT2D eigenvalue weighted by atomic mass is 35.5. The molecule has 0 aliphatic carbocycles. The highest BCUT2D eigenvalue weighted by molar-refractivity contribution is 6.31. The number of amides is 2. The van der Waals surface area contributed by atoms with Gasteiger partial charge >= 0.3 is 6.03 Å². The number of nitrogens with one attached hydrogen (secondary N) is 1. The van der Waals surface area contributed by atoms with E-state index in [4.69, 9.17) is 17.3 Å². The molecule has 1 aromatic heterocycles. The van der Waals surface area contributed by atoms with Gasteiger partial charge in [0.1, 0.15) is 0 Å². The van der Waals surface area contributed by atoms with E-state index in [-0.39, 0.29) is 0 Å². The Morgan fingerprint density at radius 2 is 2.05 bits per heavy atom. The smallest absolute Gasteiger partial charge is 0.332 e. The summed E-state index contributed by atoms with van der Waals surface area (Å²) in [6.07, 6.45) is 1.57. The zero-order valence-electron chi connectivity index (χ0n) is 12.1. The summed E-state index contributed by atoms with van der Waals surface area (Å²) in [6.45, 7) is 5.95. The number of nitrogens with two attached hydrogens (primary N) is 1. The van der Waals surface area contributed by atoms with Gasteiger partial charge in [-0.25, -0.2) is 10.2 Å². The summed E-state index contributed by atoms with van der Waals surface area (Å²) in [5.74, 6) is 0. The van der Waals surface area contributed by atoms with Gasteiger partial charge in [0.25, 0.3) is 0 Å². The summed E-state index contributed by atoms with van der Waals surface area (Å²) in [5.41, 5.74) is 12.1. The normalized spacial score (nSPS) is 11.0. The number of hydrogen-bond donors (Lipinski definition) is 2. The highest BCUT2D eigenvalue weighted by Crippen LogP contribution is 2.24. The Morgan fingerprint density at radius 1 is 1.33 bits per heavy atom. The molecule has 0 radical (unpaired) electrons. The number of hydrazone groups is 1. The Kier molecular flexibility index (Phi) is 4.33. The lowest BCUT2D eigenvalue weighted by Gasteiger charge is -2.11. The van der Waals surface area contributed by atoms with Crippen molar-refractivity contribution >= 4 is 23.8 Å². The van der Waals surface area contributed by atoms with Gasteiger partial charge in [0.15, 0.2) is 0 Å². The second-order valence-electron chi connectivity index (χ2n) is 4.83. The van der Waals surface area contributed by atoms with Crippen molar-refractivity contribution in [3.8, 4) is 5.69 Å². The van der Waals surface area contributed by atoms with Crippen LogP contribution in [0.3, 0.4) is 0 Å².